The predicted molar refractivity (Wildman–Crippen MR) is 247 cm³/mol. The second-order valence-electron chi connectivity index (χ2n) is 15.3. The lowest BCUT2D eigenvalue weighted by Gasteiger charge is -2.28. The third-order valence-corrected chi connectivity index (χ3v) is 12.2. The van der Waals surface area contributed by atoms with Crippen LogP contribution in [-0.4, -0.2) is 140 Å². The van der Waals surface area contributed by atoms with Crippen LogP contribution < -0.4 is 54.8 Å². The van der Waals surface area contributed by atoms with Gasteiger partial charge >= 0.3 is 5.97 Å². The molecule has 2 bridgehead atoms. The van der Waals surface area contributed by atoms with E-state index in [1.165, 1.54) is 30.4 Å². The van der Waals surface area contributed by atoms with Gasteiger partial charge in [0.15, 0.2) is 5.96 Å². The van der Waals surface area contributed by atoms with Crippen LogP contribution in [0, 0.1) is 0 Å². The maximum Gasteiger partial charge on any atom is 0.327 e. The van der Waals surface area contributed by atoms with Crippen molar-refractivity contribution in [3.63, 3.8) is 0 Å². The van der Waals surface area contributed by atoms with E-state index in [1.54, 1.807) is 48.7 Å². The lowest BCUT2D eigenvalue weighted by Crippen LogP contribution is -2.61. The van der Waals surface area contributed by atoms with E-state index in [1.807, 2.05) is 0 Å². The summed E-state index contributed by atoms with van der Waals surface area (Å²) in [5, 5.41) is 36.8. The van der Waals surface area contributed by atoms with Crippen molar-refractivity contribution in [2.75, 3.05) is 24.6 Å². The summed E-state index contributed by atoms with van der Waals surface area (Å²) in [7, 11) is 0. The van der Waals surface area contributed by atoms with Crippen molar-refractivity contribution in [3.05, 3.63) is 65.6 Å². The first-order valence-corrected chi connectivity index (χ1v) is 23.2. The van der Waals surface area contributed by atoms with Gasteiger partial charge in [0.2, 0.25) is 41.4 Å². The highest BCUT2D eigenvalue weighted by atomic mass is 32.2. The Labute approximate surface area is 387 Å². The number of hydrogen-bond donors (Lipinski definition) is 13. The minimum Gasteiger partial charge on any atom is -0.480 e. The fourth-order valence-corrected chi connectivity index (χ4v) is 8.57. The van der Waals surface area contributed by atoms with Gasteiger partial charge in [0.1, 0.15) is 36.3 Å². The standard InChI is InChI=1S/C41H57N13O10S2/c1-21(55)34-39(62)51-27(10-5-13-46-41(44)45)35(58)50-28(11-12-32(43)56)36(59)52-29(14-22-16-47-26-9-3-2-8-25(22)26)37(60)53-31(40(63)64)20-66-18-24-7-4-6-23(48-24)17-65-19-30(38(61)54-34)49-33(57)15-42/h2-4,6-9,16,21,27-31,34,47,55H,5,10-15,17-20,42H2,1H3,(H2,43,56)(H,49,57)(H,50,58)(H,51,62)(H,52,59)(H,53,60)(H,54,61)(H,63,64)(H4,44,45,46)/t21-,27+,28+,29+,30+,31+,34+/m1/s1. The molecule has 1 aliphatic heterocycles. The van der Waals surface area contributed by atoms with Crippen LogP contribution in [0.4, 0.5) is 0 Å². The fraction of sp³-hybridized carbons (Fsp3) is 0.463. The van der Waals surface area contributed by atoms with Crippen molar-refractivity contribution in [2.45, 2.75) is 92.9 Å². The van der Waals surface area contributed by atoms with E-state index in [0.29, 0.717) is 17.0 Å². The molecule has 1 aromatic carbocycles. The molecule has 0 radical (unpaired) electrons. The van der Waals surface area contributed by atoms with Gasteiger partial charge in [-0.1, -0.05) is 24.3 Å². The maximum atomic E-state index is 14.2. The molecular formula is C41H57N13O10S2. The molecule has 7 amide bonds. The van der Waals surface area contributed by atoms with E-state index >= 15 is 0 Å². The number of hydrogen-bond acceptors (Lipinski definition) is 14. The van der Waals surface area contributed by atoms with Crippen LogP contribution in [0.5, 0.6) is 0 Å². The molecule has 0 saturated heterocycles. The third kappa shape index (κ3) is 16.5. The van der Waals surface area contributed by atoms with Crippen LogP contribution >= 0.6 is 23.5 Å². The number of carboxylic acids is 1. The summed E-state index contributed by atoms with van der Waals surface area (Å²) in [6, 6.07) is 3.58. The van der Waals surface area contributed by atoms with Gasteiger partial charge in [-0.15, -0.1) is 0 Å². The van der Waals surface area contributed by atoms with Crippen molar-refractivity contribution in [2.24, 2.45) is 27.9 Å². The Hall–Kier alpha value is -6.44. The zero-order valence-corrected chi connectivity index (χ0v) is 37.8. The topological polar surface area (TPSA) is 394 Å². The highest BCUT2D eigenvalue weighted by Gasteiger charge is 2.35. The Kier molecular flexibility index (Phi) is 20.5. The number of primary amides is 1. The number of para-hydroxylation sites is 1. The summed E-state index contributed by atoms with van der Waals surface area (Å²) in [4.78, 5) is 119. The van der Waals surface area contributed by atoms with Crippen LogP contribution in [0.1, 0.15) is 49.6 Å². The average Bonchev–Trinajstić information content (AvgIpc) is 3.68. The van der Waals surface area contributed by atoms with Crippen LogP contribution in [0.25, 0.3) is 10.9 Å². The molecule has 23 nitrogen and oxygen atoms in total. The molecule has 3 aromatic rings. The van der Waals surface area contributed by atoms with Gasteiger partial charge in [-0.05, 0) is 49.9 Å². The number of nitrogens with one attached hydrogen (secondary N) is 7. The molecule has 0 unspecified atom stereocenters. The van der Waals surface area contributed by atoms with E-state index in [9.17, 15) is 48.6 Å². The van der Waals surface area contributed by atoms with Crippen LogP contribution in [0.15, 0.2) is 53.7 Å². The molecule has 0 fully saturated rings. The SMILES string of the molecule is C[C@@H](O)[C@@H]1NC(=O)[C@@H](NC(=O)CN)CSCc2cccc(n2)CSC[C@@H](C(=O)O)NC(=O)[C@H](Cc2c[nH]c3ccccc23)NC(=O)[C@H](CCC(N)=O)NC(=O)[C@H](CCCN=C(N)N)NC1=O. The first-order valence-electron chi connectivity index (χ1n) is 20.9. The van der Waals surface area contributed by atoms with Crippen LogP contribution in [-0.2, 0) is 56.3 Å². The molecule has 66 heavy (non-hydrogen) atoms. The smallest absolute Gasteiger partial charge is 0.327 e. The number of amides is 7. The number of fused-ring (bicyclic) bond motifs is 3. The molecule has 2 aromatic heterocycles. The summed E-state index contributed by atoms with van der Waals surface area (Å²) < 4.78 is 0. The minimum atomic E-state index is -1.68. The van der Waals surface area contributed by atoms with Gasteiger partial charge in [0.05, 0.1) is 24.0 Å². The number of carboxylic acid groups (broad SMARTS) is 1. The molecule has 0 saturated carbocycles. The number of carbonyl (C=O) groups is 8. The second-order valence-corrected chi connectivity index (χ2v) is 17.4. The summed E-state index contributed by atoms with van der Waals surface area (Å²) in [6.07, 6.45) is -0.875. The minimum absolute atomic E-state index is 0.00458. The number of rotatable bonds is 13. The lowest BCUT2D eigenvalue weighted by atomic mass is 10.0. The number of aliphatic carboxylic acids is 1. The molecular weight excluding hydrogens is 899 g/mol. The van der Waals surface area contributed by atoms with Crippen molar-refractivity contribution >= 4 is 87.7 Å². The molecule has 25 heteroatoms. The number of nitrogens with two attached hydrogens (primary N) is 4. The molecule has 0 aliphatic carbocycles. The second kappa shape index (κ2) is 25.9. The van der Waals surface area contributed by atoms with Gasteiger partial charge < -0.3 is 70.0 Å². The summed E-state index contributed by atoms with van der Waals surface area (Å²) in [6.45, 7) is 0.771. The number of nitrogens with zero attached hydrogens (tertiary/aromatic N) is 2. The normalized spacial score (nSPS) is 22.4. The molecule has 4 rings (SSSR count). The van der Waals surface area contributed by atoms with Gasteiger partial charge in [-0.3, -0.25) is 43.5 Å². The summed E-state index contributed by atoms with van der Waals surface area (Å²) in [5.74, 6) is -7.38. The Bertz CT molecular complexity index is 2240. The predicted octanol–water partition coefficient (Wildman–Crippen LogP) is -3.06. The van der Waals surface area contributed by atoms with Crippen molar-refractivity contribution in [1.82, 2.24) is 41.9 Å². The molecule has 3 heterocycles. The largest absolute Gasteiger partial charge is 0.480 e. The number of thioether (sulfide) groups is 2. The zero-order chi connectivity index (χ0) is 48.3. The number of aliphatic hydroxyl groups excluding tert-OH is 1. The van der Waals surface area contributed by atoms with Crippen molar-refractivity contribution in [3.8, 4) is 0 Å². The molecule has 358 valence electrons. The van der Waals surface area contributed by atoms with E-state index in [-0.39, 0.29) is 61.2 Å². The monoisotopic (exact) mass is 955 g/mol. The number of aliphatic hydroxyl groups is 1. The molecule has 1 aliphatic rings. The first-order chi connectivity index (χ1) is 31.4. The molecule has 7 atom stereocenters. The van der Waals surface area contributed by atoms with E-state index < -0.39 is 103 Å². The summed E-state index contributed by atoms with van der Waals surface area (Å²) in [5.41, 5.74) is 24.4. The Morgan fingerprint density at radius 2 is 1.44 bits per heavy atom. The summed E-state index contributed by atoms with van der Waals surface area (Å²) >= 11 is 2.40. The van der Waals surface area contributed by atoms with E-state index in [2.05, 4.69) is 46.9 Å². The highest BCUT2D eigenvalue weighted by molar-refractivity contribution is 7.98. The van der Waals surface area contributed by atoms with Gasteiger partial charge in [-0.25, -0.2) is 4.79 Å². The molecule has 17 N–H and O–H groups in total. The number of guanidine groups is 1. The quantitative estimate of drug-likeness (QED) is 0.0460. The number of aromatic amines is 1. The van der Waals surface area contributed by atoms with Crippen LogP contribution in [0.3, 0.4) is 0 Å². The fourth-order valence-electron chi connectivity index (χ4n) is 6.66. The lowest BCUT2D eigenvalue weighted by molar-refractivity contribution is -0.141. The Morgan fingerprint density at radius 3 is 2.08 bits per heavy atom. The number of pyridine rings is 1. The number of aliphatic imine (C=N–C) groups is 1. The van der Waals surface area contributed by atoms with Crippen molar-refractivity contribution < 1.29 is 48.6 Å². The zero-order valence-electron chi connectivity index (χ0n) is 36.1. The highest BCUT2D eigenvalue weighted by Crippen LogP contribution is 2.21. The van der Waals surface area contributed by atoms with Gasteiger partial charge in [-0.2, -0.15) is 23.5 Å². The van der Waals surface area contributed by atoms with E-state index in [4.69, 9.17) is 22.9 Å². The first kappa shape index (κ1) is 52.2. The van der Waals surface area contributed by atoms with Crippen molar-refractivity contribution in [1.29, 1.82) is 0 Å². The van der Waals surface area contributed by atoms with Gasteiger partial charge in [0, 0.05) is 59.5 Å². The number of aromatic nitrogens is 2. The van der Waals surface area contributed by atoms with E-state index in [0.717, 1.165) is 10.9 Å². The van der Waals surface area contributed by atoms with Crippen LogP contribution in [0.2, 0.25) is 0 Å². The Morgan fingerprint density at radius 1 is 0.818 bits per heavy atom. The Balaban J connectivity index is 1.75. The maximum absolute atomic E-state index is 14.2. The number of benzene rings is 1. The third-order valence-electron chi connectivity index (χ3n) is 10.1. The number of carbonyl (C=O) groups excluding carboxylic acids is 7. The van der Waals surface area contributed by atoms with Gasteiger partial charge in [0.25, 0.3) is 0 Å². The molecule has 0 spiro atoms. The number of H-pyrrole nitrogens is 1. The average molecular weight is 956 g/mol.